The van der Waals surface area contributed by atoms with Gasteiger partial charge in [-0.2, -0.15) is 0 Å². The molecule has 0 heterocycles. The molecule has 0 spiro atoms. The maximum absolute atomic E-state index is 13.7. The summed E-state index contributed by atoms with van der Waals surface area (Å²) in [5.74, 6) is -1.22. The maximum atomic E-state index is 13.7. The summed E-state index contributed by atoms with van der Waals surface area (Å²) in [5, 5.41) is 3.22. The van der Waals surface area contributed by atoms with Crippen LogP contribution in [0.25, 0.3) is 0 Å². The number of hydrogen-bond donors (Lipinski definition) is 1. The minimum absolute atomic E-state index is 0.110. The maximum Gasteiger partial charge on any atom is 0.244 e. The first-order chi connectivity index (χ1) is 11.9. The summed E-state index contributed by atoms with van der Waals surface area (Å²) in [6.07, 6.45) is -0.110. The van der Waals surface area contributed by atoms with E-state index in [0.717, 1.165) is 0 Å². The van der Waals surface area contributed by atoms with Gasteiger partial charge in [-0.1, -0.05) is 47.5 Å². The molecule has 0 aliphatic heterocycles. The molecule has 0 aromatic heterocycles. The molecule has 0 aliphatic rings. The van der Waals surface area contributed by atoms with Gasteiger partial charge < -0.3 is 10.2 Å². The van der Waals surface area contributed by atoms with Crippen molar-refractivity contribution in [1.82, 2.24) is 4.90 Å². The van der Waals surface area contributed by atoms with Gasteiger partial charge in [0.05, 0.1) is 28.7 Å². The molecular weight excluding hydrogens is 366 g/mol. The third-order valence-electron chi connectivity index (χ3n) is 3.60. The minimum atomic E-state index is -0.445. The van der Waals surface area contributed by atoms with E-state index in [0.29, 0.717) is 27.8 Å². The van der Waals surface area contributed by atoms with Gasteiger partial charge in [0.1, 0.15) is 5.82 Å². The summed E-state index contributed by atoms with van der Waals surface area (Å²) in [5.41, 5.74) is 0.592. The molecule has 2 rings (SSSR count). The molecule has 1 N–H and O–H groups in total. The topological polar surface area (TPSA) is 49.4 Å². The van der Waals surface area contributed by atoms with E-state index >= 15 is 0 Å². The molecule has 7 heteroatoms. The molecule has 25 heavy (non-hydrogen) atoms. The molecule has 0 bridgehead atoms. The quantitative estimate of drug-likeness (QED) is 0.814. The Bertz CT molecular complexity index is 763. The molecule has 0 unspecified atom stereocenters. The Kier molecular flexibility index (Phi) is 6.79. The Labute approximate surface area is 155 Å². The molecule has 0 radical (unpaired) electrons. The SMILES string of the molecule is CCN(CC(=O)Nc1c(Cl)cccc1Cl)C(=O)Cc1ccccc1F. The molecule has 0 saturated heterocycles. The van der Waals surface area contributed by atoms with E-state index < -0.39 is 11.7 Å². The fourth-order valence-electron chi connectivity index (χ4n) is 2.26. The summed E-state index contributed by atoms with van der Waals surface area (Å²) in [4.78, 5) is 25.9. The second-order valence-electron chi connectivity index (χ2n) is 5.32. The first kappa shape index (κ1) is 19.2. The molecule has 0 atom stereocenters. The van der Waals surface area contributed by atoms with E-state index in [9.17, 15) is 14.0 Å². The number of nitrogens with zero attached hydrogens (tertiary/aromatic N) is 1. The van der Waals surface area contributed by atoms with Crippen molar-refractivity contribution in [2.75, 3.05) is 18.4 Å². The van der Waals surface area contributed by atoms with Crippen LogP contribution in [0.15, 0.2) is 42.5 Å². The zero-order chi connectivity index (χ0) is 18.4. The highest BCUT2D eigenvalue weighted by Gasteiger charge is 2.18. The van der Waals surface area contributed by atoms with Crippen LogP contribution in [0.3, 0.4) is 0 Å². The second-order valence-corrected chi connectivity index (χ2v) is 6.14. The van der Waals surface area contributed by atoms with E-state index in [4.69, 9.17) is 23.2 Å². The van der Waals surface area contributed by atoms with Crippen molar-refractivity contribution in [3.63, 3.8) is 0 Å². The minimum Gasteiger partial charge on any atom is -0.333 e. The lowest BCUT2D eigenvalue weighted by Crippen LogP contribution is -2.38. The van der Waals surface area contributed by atoms with Crippen molar-refractivity contribution >= 4 is 40.7 Å². The number of nitrogens with one attached hydrogen (secondary N) is 1. The molecule has 0 saturated carbocycles. The highest BCUT2D eigenvalue weighted by molar-refractivity contribution is 6.39. The largest absolute Gasteiger partial charge is 0.333 e. The van der Waals surface area contributed by atoms with Crippen LogP contribution in [0.2, 0.25) is 10.0 Å². The highest BCUT2D eigenvalue weighted by atomic mass is 35.5. The van der Waals surface area contributed by atoms with E-state index in [2.05, 4.69) is 5.32 Å². The smallest absolute Gasteiger partial charge is 0.244 e. The molecule has 0 aliphatic carbocycles. The average molecular weight is 383 g/mol. The number of carbonyl (C=O) groups is 2. The van der Waals surface area contributed by atoms with Crippen LogP contribution in [0, 0.1) is 5.82 Å². The van der Waals surface area contributed by atoms with Crippen LogP contribution < -0.4 is 5.32 Å². The number of hydrogen-bond acceptors (Lipinski definition) is 2. The van der Waals surface area contributed by atoms with E-state index in [-0.39, 0.29) is 18.9 Å². The number of halogens is 3. The fraction of sp³-hybridized carbons (Fsp3) is 0.222. The van der Waals surface area contributed by atoms with Gasteiger partial charge in [-0.3, -0.25) is 9.59 Å². The zero-order valence-corrected chi connectivity index (χ0v) is 15.1. The Balaban J connectivity index is 2.02. The Morgan fingerprint density at radius 1 is 1.08 bits per heavy atom. The molecular formula is C18H17Cl2FN2O2. The lowest BCUT2D eigenvalue weighted by molar-refractivity contribution is -0.133. The summed E-state index contributed by atoms with van der Waals surface area (Å²) >= 11 is 12.0. The Hall–Kier alpha value is -2.11. The van der Waals surface area contributed by atoms with Gasteiger partial charge in [0.25, 0.3) is 0 Å². The van der Waals surface area contributed by atoms with E-state index in [1.807, 2.05) is 0 Å². The van der Waals surface area contributed by atoms with Gasteiger partial charge in [-0.25, -0.2) is 4.39 Å². The monoisotopic (exact) mass is 382 g/mol. The summed E-state index contributed by atoms with van der Waals surface area (Å²) < 4.78 is 13.7. The highest BCUT2D eigenvalue weighted by Crippen LogP contribution is 2.29. The summed E-state index contributed by atoms with van der Waals surface area (Å²) in [6, 6.07) is 10.9. The normalized spacial score (nSPS) is 10.4. The second kappa shape index (κ2) is 8.83. The van der Waals surface area contributed by atoms with Crippen molar-refractivity contribution in [3.05, 3.63) is 63.9 Å². The zero-order valence-electron chi connectivity index (χ0n) is 13.6. The lowest BCUT2D eigenvalue weighted by atomic mass is 10.1. The first-order valence-electron chi connectivity index (χ1n) is 7.67. The van der Waals surface area contributed by atoms with Crippen LogP contribution >= 0.6 is 23.2 Å². The van der Waals surface area contributed by atoms with Gasteiger partial charge >= 0.3 is 0 Å². The van der Waals surface area contributed by atoms with Crippen LogP contribution in [-0.4, -0.2) is 29.8 Å². The van der Waals surface area contributed by atoms with Gasteiger partial charge in [0, 0.05) is 6.54 Å². The number of anilines is 1. The van der Waals surface area contributed by atoms with Crippen LogP contribution in [0.4, 0.5) is 10.1 Å². The standard InChI is InChI=1S/C18H17Cl2FN2O2/c1-2-23(17(25)10-12-6-3-4-9-15(12)21)11-16(24)22-18-13(19)7-5-8-14(18)20/h3-9H,2,10-11H2,1H3,(H,22,24). The molecule has 2 amide bonds. The lowest BCUT2D eigenvalue weighted by Gasteiger charge is -2.21. The summed E-state index contributed by atoms with van der Waals surface area (Å²) in [7, 11) is 0. The van der Waals surface area contributed by atoms with E-state index in [1.54, 1.807) is 43.3 Å². The third-order valence-corrected chi connectivity index (χ3v) is 4.23. The van der Waals surface area contributed by atoms with Crippen LogP contribution in [-0.2, 0) is 16.0 Å². The predicted octanol–water partition coefficient (Wildman–Crippen LogP) is 4.16. The van der Waals surface area contributed by atoms with Gasteiger partial charge in [-0.05, 0) is 30.7 Å². The van der Waals surface area contributed by atoms with Crippen molar-refractivity contribution < 1.29 is 14.0 Å². The Morgan fingerprint density at radius 3 is 2.32 bits per heavy atom. The summed E-state index contributed by atoms with van der Waals surface area (Å²) in [6.45, 7) is 1.89. The number of amides is 2. The number of likely N-dealkylation sites (N-methyl/N-ethyl adjacent to an activating group) is 1. The van der Waals surface area contributed by atoms with Crippen LogP contribution in [0.1, 0.15) is 12.5 Å². The molecule has 2 aromatic rings. The first-order valence-corrected chi connectivity index (χ1v) is 8.43. The predicted molar refractivity (Wildman–Crippen MR) is 97.4 cm³/mol. The molecule has 4 nitrogen and oxygen atoms in total. The third kappa shape index (κ3) is 5.18. The molecule has 132 valence electrons. The number of carbonyl (C=O) groups excluding carboxylic acids is 2. The molecule has 0 fully saturated rings. The van der Waals surface area contributed by atoms with Crippen molar-refractivity contribution in [3.8, 4) is 0 Å². The average Bonchev–Trinajstić information content (AvgIpc) is 2.58. The van der Waals surface area contributed by atoms with Crippen molar-refractivity contribution in [2.45, 2.75) is 13.3 Å². The number of para-hydroxylation sites is 1. The van der Waals surface area contributed by atoms with Crippen LogP contribution in [0.5, 0.6) is 0 Å². The Morgan fingerprint density at radius 2 is 1.72 bits per heavy atom. The molecule has 2 aromatic carbocycles. The van der Waals surface area contributed by atoms with Gasteiger partial charge in [-0.15, -0.1) is 0 Å². The number of rotatable bonds is 6. The number of benzene rings is 2. The van der Waals surface area contributed by atoms with E-state index in [1.165, 1.54) is 11.0 Å². The van der Waals surface area contributed by atoms with Crippen molar-refractivity contribution in [2.24, 2.45) is 0 Å². The fourth-order valence-corrected chi connectivity index (χ4v) is 2.75. The van der Waals surface area contributed by atoms with Gasteiger partial charge in [0.15, 0.2) is 0 Å². The van der Waals surface area contributed by atoms with Crippen molar-refractivity contribution in [1.29, 1.82) is 0 Å². The van der Waals surface area contributed by atoms with Gasteiger partial charge in [0.2, 0.25) is 11.8 Å².